The molecule has 16 heavy (non-hydrogen) atoms. The molecule has 2 aliphatic heterocycles. The molecule has 0 spiro atoms. The van der Waals surface area contributed by atoms with Crippen LogP contribution in [-0.2, 0) is 0 Å². The lowest BCUT2D eigenvalue weighted by atomic mass is 9.86. The van der Waals surface area contributed by atoms with E-state index in [9.17, 15) is 0 Å². The lowest BCUT2D eigenvalue weighted by molar-refractivity contribution is 0.162. The molecular weight excluding hydrogens is 196 g/mol. The Morgan fingerprint density at radius 2 is 1.88 bits per heavy atom. The molecule has 2 heteroatoms. The van der Waals surface area contributed by atoms with E-state index in [1.54, 1.807) is 0 Å². The van der Waals surface area contributed by atoms with Gasteiger partial charge in [0.25, 0.3) is 0 Å². The fraction of sp³-hybridized carbons (Fsp3) is 1.00. The Balaban J connectivity index is 1.90. The van der Waals surface area contributed by atoms with E-state index in [0.29, 0.717) is 5.54 Å². The van der Waals surface area contributed by atoms with Gasteiger partial charge in [0, 0.05) is 11.6 Å². The van der Waals surface area contributed by atoms with Crippen molar-refractivity contribution >= 4 is 0 Å². The quantitative estimate of drug-likeness (QED) is 0.746. The van der Waals surface area contributed by atoms with Crippen molar-refractivity contribution in [3.63, 3.8) is 0 Å². The molecule has 2 fully saturated rings. The Labute approximate surface area is 101 Å². The molecule has 0 aliphatic carbocycles. The first kappa shape index (κ1) is 12.4. The van der Waals surface area contributed by atoms with E-state index >= 15 is 0 Å². The van der Waals surface area contributed by atoms with Crippen LogP contribution in [0.3, 0.4) is 0 Å². The van der Waals surface area contributed by atoms with E-state index in [2.05, 4.69) is 24.1 Å². The van der Waals surface area contributed by atoms with Gasteiger partial charge < -0.3 is 5.32 Å². The molecule has 1 unspecified atom stereocenters. The van der Waals surface area contributed by atoms with Crippen LogP contribution in [0.5, 0.6) is 0 Å². The number of hydrogen-bond donors (Lipinski definition) is 1. The van der Waals surface area contributed by atoms with Crippen LogP contribution in [0.1, 0.15) is 58.8 Å². The number of nitrogens with zero attached hydrogens (tertiary/aromatic N) is 1. The summed E-state index contributed by atoms with van der Waals surface area (Å²) in [4.78, 5) is 2.78. The molecule has 2 nitrogen and oxygen atoms in total. The lowest BCUT2D eigenvalue weighted by Crippen LogP contribution is -2.44. The predicted molar refractivity (Wildman–Crippen MR) is 69.8 cm³/mol. The maximum atomic E-state index is 3.73. The van der Waals surface area contributed by atoms with Crippen molar-refractivity contribution in [3.8, 4) is 0 Å². The van der Waals surface area contributed by atoms with E-state index in [-0.39, 0.29) is 0 Å². The van der Waals surface area contributed by atoms with Gasteiger partial charge in [-0.2, -0.15) is 0 Å². The first-order chi connectivity index (χ1) is 7.80. The minimum Gasteiger partial charge on any atom is -0.314 e. The van der Waals surface area contributed by atoms with Gasteiger partial charge in [0.15, 0.2) is 0 Å². The highest BCUT2D eigenvalue weighted by atomic mass is 15.2. The summed E-state index contributed by atoms with van der Waals surface area (Å²) in [5.41, 5.74) is 0.599. The minimum absolute atomic E-state index is 0.599. The molecule has 0 aromatic heterocycles. The van der Waals surface area contributed by atoms with Crippen LogP contribution in [0.4, 0.5) is 0 Å². The summed E-state index contributed by atoms with van der Waals surface area (Å²) in [5, 5.41) is 3.73. The molecule has 2 saturated heterocycles. The van der Waals surface area contributed by atoms with Crippen LogP contribution in [0.2, 0.25) is 0 Å². The number of rotatable bonds is 6. The van der Waals surface area contributed by atoms with Crippen molar-refractivity contribution in [1.82, 2.24) is 10.2 Å². The van der Waals surface area contributed by atoms with E-state index in [4.69, 9.17) is 0 Å². The van der Waals surface area contributed by atoms with E-state index < -0.39 is 0 Å². The van der Waals surface area contributed by atoms with Gasteiger partial charge in [0.2, 0.25) is 0 Å². The second kappa shape index (κ2) is 5.50. The molecule has 0 aromatic carbocycles. The number of hydrogen-bond acceptors (Lipinski definition) is 2. The van der Waals surface area contributed by atoms with Crippen LogP contribution < -0.4 is 5.32 Å². The fourth-order valence-electron chi connectivity index (χ4n) is 3.73. The second-order valence-corrected chi connectivity index (χ2v) is 5.68. The van der Waals surface area contributed by atoms with Crippen molar-refractivity contribution in [3.05, 3.63) is 0 Å². The van der Waals surface area contributed by atoms with Crippen molar-refractivity contribution in [2.75, 3.05) is 19.6 Å². The van der Waals surface area contributed by atoms with Gasteiger partial charge in [-0.1, -0.05) is 13.8 Å². The summed E-state index contributed by atoms with van der Waals surface area (Å²) >= 11 is 0. The molecule has 1 atom stereocenters. The van der Waals surface area contributed by atoms with Gasteiger partial charge >= 0.3 is 0 Å². The molecule has 94 valence electrons. The molecular formula is C14H28N2. The van der Waals surface area contributed by atoms with E-state index in [1.165, 1.54) is 64.6 Å². The first-order valence-electron chi connectivity index (χ1n) is 7.29. The first-order valence-corrected chi connectivity index (χ1v) is 7.29. The van der Waals surface area contributed by atoms with Gasteiger partial charge in [-0.25, -0.2) is 0 Å². The number of nitrogens with one attached hydrogen (secondary N) is 1. The van der Waals surface area contributed by atoms with Crippen LogP contribution >= 0.6 is 0 Å². The predicted octanol–water partition coefficient (Wildman–Crippen LogP) is 2.78. The molecule has 2 aliphatic rings. The molecule has 0 saturated carbocycles. The van der Waals surface area contributed by atoms with Gasteiger partial charge in [0.1, 0.15) is 0 Å². The third kappa shape index (κ3) is 2.43. The molecule has 0 aromatic rings. The summed E-state index contributed by atoms with van der Waals surface area (Å²) in [7, 11) is 0. The Morgan fingerprint density at radius 3 is 2.44 bits per heavy atom. The van der Waals surface area contributed by atoms with Gasteiger partial charge in [-0.3, -0.25) is 4.90 Å². The van der Waals surface area contributed by atoms with Crippen LogP contribution in [0.15, 0.2) is 0 Å². The second-order valence-electron chi connectivity index (χ2n) is 5.68. The van der Waals surface area contributed by atoms with Crippen molar-refractivity contribution < 1.29 is 0 Å². The fourth-order valence-corrected chi connectivity index (χ4v) is 3.73. The zero-order chi connectivity index (χ0) is 11.4. The molecule has 2 rings (SSSR count). The highest BCUT2D eigenvalue weighted by Gasteiger charge is 2.44. The molecule has 0 radical (unpaired) electrons. The van der Waals surface area contributed by atoms with Crippen LogP contribution in [0.25, 0.3) is 0 Å². The van der Waals surface area contributed by atoms with Crippen molar-refractivity contribution in [1.29, 1.82) is 0 Å². The maximum Gasteiger partial charge on any atom is 0.0225 e. The molecule has 2 heterocycles. The maximum absolute atomic E-state index is 3.73. The van der Waals surface area contributed by atoms with Gasteiger partial charge in [0.05, 0.1) is 0 Å². The Bertz CT molecular complexity index is 205. The highest BCUT2D eigenvalue weighted by molar-refractivity contribution is 5.01. The molecule has 0 bridgehead atoms. The summed E-state index contributed by atoms with van der Waals surface area (Å²) in [6.07, 6.45) is 9.72. The van der Waals surface area contributed by atoms with Crippen molar-refractivity contribution in [2.45, 2.75) is 70.4 Å². The van der Waals surface area contributed by atoms with Crippen LogP contribution in [-0.4, -0.2) is 36.1 Å². The number of fused-ring (bicyclic) bond motifs is 1. The standard InChI is InChI=1S/C14H28N2/c1-3-9-15-13(4-2)12-14-7-5-10-16(14)11-6-8-14/h13,15H,3-12H2,1-2H3. The Hall–Kier alpha value is -0.0800. The summed E-state index contributed by atoms with van der Waals surface area (Å²) < 4.78 is 0. The third-order valence-electron chi connectivity index (χ3n) is 4.61. The summed E-state index contributed by atoms with van der Waals surface area (Å²) in [6.45, 7) is 8.51. The molecule has 0 amide bonds. The average molecular weight is 224 g/mol. The van der Waals surface area contributed by atoms with Crippen molar-refractivity contribution in [2.24, 2.45) is 0 Å². The average Bonchev–Trinajstić information content (AvgIpc) is 2.83. The zero-order valence-electron chi connectivity index (χ0n) is 11.1. The molecule has 1 N–H and O–H groups in total. The Morgan fingerprint density at radius 1 is 1.19 bits per heavy atom. The monoisotopic (exact) mass is 224 g/mol. The topological polar surface area (TPSA) is 15.3 Å². The summed E-state index contributed by atoms with van der Waals surface area (Å²) in [6, 6.07) is 0.749. The van der Waals surface area contributed by atoms with Gasteiger partial charge in [-0.05, 0) is 64.6 Å². The highest BCUT2D eigenvalue weighted by Crippen LogP contribution is 2.42. The van der Waals surface area contributed by atoms with E-state index in [1.807, 2.05) is 0 Å². The third-order valence-corrected chi connectivity index (χ3v) is 4.61. The zero-order valence-corrected chi connectivity index (χ0v) is 11.1. The Kier molecular flexibility index (Phi) is 4.26. The smallest absolute Gasteiger partial charge is 0.0225 e. The SMILES string of the molecule is CCCNC(CC)CC12CCCN1CCC2. The lowest BCUT2D eigenvalue weighted by Gasteiger charge is -2.35. The largest absolute Gasteiger partial charge is 0.314 e. The van der Waals surface area contributed by atoms with E-state index in [0.717, 1.165) is 6.04 Å². The summed E-state index contributed by atoms with van der Waals surface area (Å²) in [5.74, 6) is 0. The van der Waals surface area contributed by atoms with Crippen LogP contribution in [0, 0.1) is 0 Å². The normalized spacial score (nSPS) is 25.9. The van der Waals surface area contributed by atoms with Gasteiger partial charge in [-0.15, -0.1) is 0 Å². The minimum atomic E-state index is 0.599.